The van der Waals surface area contributed by atoms with Gasteiger partial charge in [-0.25, -0.2) is 4.98 Å². The van der Waals surface area contributed by atoms with E-state index in [0.29, 0.717) is 53.0 Å². The van der Waals surface area contributed by atoms with E-state index in [4.69, 9.17) is 25.8 Å². The number of amides is 2. The van der Waals surface area contributed by atoms with Crippen LogP contribution in [-0.4, -0.2) is 117 Å². The zero-order valence-corrected chi connectivity index (χ0v) is 34.9. The highest BCUT2D eigenvalue weighted by Crippen LogP contribution is 2.39. The van der Waals surface area contributed by atoms with Crippen LogP contribution in [0, 0.1) is 0 Å². The summed E-state index contributed by atoms with van der Waals surface area (Å²) in [7, 11) is -0.880. The molecule has 3 aliphatic rings. The maximum Gasteiger partial charge on any atom is 0.267 e. The van der Waals surface area contributed by atoms with Crippen LogP contribution in [0.2, 0.25) is 5.02 Å². The highest BCUT2D eigenvalue weighted by molar-refractivity contribution is 7.70. The minimum atomic E-state index is -2.54. The smallest absolute Gasteiger partial charge is 0.267 e. The van der Waals surface area contributed by atoms with Gasteiger partial charge in [0.05, 0.1) is 31.3 Å². The van der Waals surface area contributed by atoms with E-state index in [1.165, 1.54) is 6.20 Å². The van der Waals surface area contributed by atoms with Gasteiger partial charge in [0.25, 0.3) is 5.91 Å². The number of carbonyl (C=O) groups excluding carboxylic acids is 2. The Labute approximate surface area is 345 Å². The van der Waals surface area contributed by atoms with Crippen molar-refractivity contribution in [1.29, 1.82) is 0 Å². The molecule has 1 atom stereocenters. The molecule has 16 heteroatoms. The predicted octanol–water partition coefficient (Wildman–Crippen LogP) is 6.11. The molecular weight excluding hydrogens is 779 g/mol. The lowest BCUT2D eigenvalue weighted by Gasteiger charge is -2.43. The van der Waals surface area contributed by atoms with Crippen molar-refractivity contribution in [2.45, 2.75) is 44.2 Å². The van der Waals surface area contributed by atoms with Crippen molar-refractivity contribution in [2.24, 2.45) is 0 Å². The third-order valence-corrected chi connectivity index (χ3v) is 12.7. The lowest BCUT2D eigenvalue weighted by molar-refractivity contribution is -0.138. The monoisotopic (exact) mass is 830 g/mol. The third kappa shape index (κ3) is 10.6. The number of piperidine rings is 2. The number of nitrogens with one attached hydrogen (secondary N) is 3. The lowest BCUT2D eigenvalue weighted by Crippen LogP contribution is -2.53. The summed E-state index contributed by atoms with van der Waals surface area (Å²) in [6.45, 7) is 11.3. The number of hydrogen-bond donors (Lipinski definition) is 3. The minimum absolute atomic E-state index is 0.257. The van der Waals surface area contributed by atoms with Crippen molar-refractivity contribution >= 4 is 64.7 Å². The molecule has 4 aromatic rings. The first kappa shape index (κ1) is 41.3. The fourth-order valence-electron chi connectivity index (χ4n) is 7.68. The number of imide groups is 1. The molecule has 1 aromatic heterocycles. The molecule has 3 aliphatic heterocycles. The van der Waals surface area contributed by atoms with Gasteiger partial charge in [-0.15, -0.1) is 0 Å². The fraction of sp³-hybridized carbons (Fsp3) is 0.429. The third-order valence-electron chi connectivity index (χ3n) is 10.8. The minimum Gasteiger partial charge on any atom is -0.494 e. The molecule has 3 N–H and O–H groups in total. The number of aromatic nitrogens is 2. The Kier molecular flexibility index (Phi) is 13.4. The van der Waals surface area contributed by atoms with Crippen LogP contribution in [0.4, 0.5) is 28.8 Å². The number of benzene rings is 3. The molecule has 58 heavy (non-hydrogen) atoms. The molecule has 0 spiro atoms. The van der Waals surface area contributed by atoms with Gasteiger partial charge in [-0.2, -0.15) is 4.98 Å². The summed E-state index contributed by atoms with van der Waals surface area (Å²) in [6.07, 6.45) is 4.71. The van der Waals surface area contributed by atoms with Crippen molar-refractivity contribution in [3.8, 4) is 17.2 Å². The average Bonchev–Trinajstić information content (AvgIpc) is 3.22. The number of ether oxygens (including phenoxy) is 3. The molecule has 7 rings (SSSR count). The van der Waals surface area contributed by atoms with Crippen LogP contribution in [0.25, 0.3) is 0 Å². The topological polar surface area (TPSA) is 150 Å². The number of hydrogen-bond acceptors (Lipinski definition) is 13. The summed E-state index contributed by atoms with van der Waals surface area (Å²) >= 11 is 6.48. The van der Waals surface area contributed by atoms with E-state index in [9.17, 15) is 14.2 Å². The molecule has 0 aliphatic carbocycles. The predicted molar refractivity (Wildman–Crippen MR) is 229 cm³/mol. The Morgan fingerprint density at radius 2 is 1.64 bits per heavy atom. The van der Waals surface area contributed by atoms with Crippen LogP contribution in [0.3, 0.4) is 0 Å². The van der Waals surface area contributed by atoms with E-state index in [0.717, 1.165) is 87.5 Å². The summed E-state index contributed by atoms with van der Waals surface area (Å²) in [6, 6.07) is 21.5. The number of para-hydroxylation sites is 1. The van der Waals surface area contributed by atoms with Gasteiger partial charge in [-0.1, -0.05) is 23.7 Å². The van der Waals surface area contributed by atoms with Crippen molar-refractivity contribution in [1.82, 2.24) is 25.1 Å². The number of anilines is 5. The van der Waals surface area contributed by atoms with E-state index in [1.807, 2.05) is 42.5 Å². The largest absolute Gasteiger partial charge is 0.494 e. The molecule has 3 fully saturated rings. The second-order valence-electron chi connectivity index (χ2n) is 15.2. The van der Waals surface area contributed by atoms with Gasteiger partial charge in [0.2, 0.25) is 11.9 Å². The van der Waals surface area contributed by atoms with Gasteiger partial charge < -0.3 is 39.2 Å². The van der Waals surface area contributed by atoms with Crippen LogP contribution >= 0.6 is 18.7 Å². The highest BCUT2D eigenvalue weighted by atomic mass is 35.5. The number of rotatable bonds is 15. The molecule has 2 amide bonds. The average molecular weight is 831 g/mol. The second-order valence-corrected chi connectivity index (χ2v) is 18.8. The molecule has 0 radical (unpaired) electrons. The van der Waals surface area contributed by atoms with Gasteiger partial charge in [0, 0.05) is 81.8 Å². The zero-order valence-electron chi connectivity index (χ0n) is 33.3. The first-order valence-corrected chi connectivity index (χ1v) is 22.8. The number of halogens is 1. The SMILES string of the molecule is COc1cc(N2CCC(N3CCN(CCCOc4ccc(OC5CCC(=O)NC5=O)cc4)CC3)CC2)ccc1Nc1ncc(Cl)c(Nc2ccccc2P(C)(C)=O)n1. The zero-order chi connectivity index (χ0) is 40.6. The second kappa shape index (κ2) is 18.8. The highest BCUT2D eigenvalue weighted by Gasteiger charge is 2.29. The summed E-state index contributed by atoms with van der Waals surface area (Å²) < 4.78 is 30.4. The van der Waals surface area contributed by atoms with E-state index in [-0.39, 0.29) is 18.2 Å². The van der Waals surface area contributed by atoms with Crippen molar-refractivity contribution in [3.05, 3.63) is 77.9 Å². The maximum atomic E-state index is 12.9. The van der Waals surface area contributed by atoms with Gasteiger partial charge in [-0.05, 0) is 81.1 Å². The van der Waals surface area contributed by atoms with Crippen LogP contribution in [0.1, 0.15) is 32.1 Å². The number of piperazine rings is 1. The number of methoxy groups -OCH3 is 1. The Morgan fingerprint density at radius 3 is 2.36 bits per heavy atom. The number of nitrogens with zero attached hydrogens (tertiary/aromatic N) is 5. The molecule has 0 saturated carbocycles. The van der Waals surface area contributed by atoms with Gasteiger partial charge >= 0.3 is 0 Å². The maximum absolute atomic E-state index is 12.9. The van der Waals surface area contributed by atoms with Crippen molar-refractivity contribution < 1.29 is 28.4 Å². The fourth-order valence-corrected chi connectivity index (χ4v) is 8.97. The Bertz CT molecular complexity index is 2100. The van der Waals surface area contributed by atoms with E-state index >= 15 is 0 Å². The van der Waals surface area contributed by atoms with Gasteiger partial charge in [0.15, 0.2) is 11.9 Å². The van der Waals surface area contributed by atoms with E-state index < -0.39 is 13.2 Å². The Morgan fingerprint density at radius 1 is 0.897 bits per heavy atom. The van der Waals surface area contributed by atoms with Gasteiger partial charge in [0.1, 0.15) is 29.4 Å². The van der Waals surface area contributed by atoms with Crippen LogP contribution in [-0.2, 0) is 14.2 Å². The van der Waals surface area contributed by atoms with Gasteiger partial charge in [-0.3, -0.25) is 19.8 Å². The molecule has 308 valence electrons. The first-order chi connectivity index (χ1) is 28.0. The standard InChI is InChI=1S/C42H52ClN8O6P/c1-55-37-27-30(9-14-34(37)46-42-44-28-33(43)40(48-42)45-35-7-4-5-8-38(35)58(2,3)54)50-20-17-29(18-21-50)51-24-22-49(23-25-51)19-6-26-56-31-10-12-32(13-11-31)57-36-15-16-39(52)47-41(36)53/h4-5,7-14,27-29,36H,6,15-26H2,1-3H3,(H,47,52,53)(H2,44,45,46,48). The molecule has 3 aromatic carbocycles. The lowest BCUT2D eigenvalue weighted by atomic mass is 10.0. The van der Waals surface area contributed by atoms with E-state index in [1.54, 1.807) is 32.6 Å². The quantitative estimate of drug-likeness (QED) is 0.0719. The summed E-state index contributed by atoms with van der Waals surface area (Å²) in [4.78, 5) is 40.0. The summed E-state index contributed by atoms with van der Waals surface area (Å²) in [5.74, 6) is 2.14. The van der Waals surface area contributed by atoms with Crippen molar-refractivity contribution in [2.75, 3.05) is 88.4 Å². The van der Waals surface area contributed by atoms with Crippen LogP contribution in [0.5, 0.6) is 17.2 Å². The van der Waals surface area contributed by atoms with Crippen molar-refractivity contribution in [3.63, 3.8) is 0 Å². The molecule has 4 heterocycles. The van der Waals surface area contributed by atoms with Crippen LogP contribution in [0.15, 0.2) is 72.9 Å². The molecule has 0 bridgehead atoms. The van der Waals surface area contributed by atoms with Crippen LogP contribution < -0.4 is 40.4 Å². The molecule has 14 nitrogen and oxygen atoms in total. The molecular formula is C42H52ClN8O6P. The Balaban J connectivity index is 0.831. The summed E-state index contributed by atoms with van der Waals surface area (Å²) in [5, 5.41) is 9.92. The Hall–Kier alpha value is -4.88. The van der Waals surface area contributed by atoms with E-state index in [2.05, 4.69) is 52.8 Å². The molecule has 3 saturated heterocycles. The first-order valence-electron chi connectivity index (χ1n) is 19.9. The number of carbonyl (C=O) groups is 2. The normalized spacial score (nSPS) is 18.4. The molecule has 1 unspecified atom stereocenters. The summed E-state index contributed by atoms with van der Waals surface area (Å²) in [5.41, 5.74) is 2.54.